The van der Waals surface area contributed by atoms with Crippen molar-refractivity contribution < 1.29 is 0 Å². The fraction of sp³-hybridized carbons (Fsp3) is 0.170. The van der Waals surface area contributed by atoms with Crippen LogP contribution >= 0.6 is 0 Å². The Morgan fingerprint density at radius 1 is 0.423 bits per heavy atom. The van der Waals surface area contributed by atoms with E-state index in [1.54, 1.807) is 0 Å². The summed E-state index contributed by atoms with van der Waals surface area (Å²) < 4.78 is 4.66. The van der Waals surface area contributed by atoms with Crippen molar-refractivity contribution >= 4 is 43.6 Å². The Hall–Kier alpha value is -6.07. The highest BCUT2D eigenvalue weighted by atomic mass is 15.2. The first-order chi connectivity index (χ1) is 25.4. The minimum atomic E-state index is 0.582. The summed E-state index contributed by atoms with van der Waals surface area (Å²) in [6.45, 7) is 9.02. The molecule has 0 atom stereocenters. The quantitative estimate of drug-likeness (QED) is 0.161. The monoisotopic (exact) mass is 675 g/mol. The maximum Gasteiger partial charge on any atom is 0.238 e. The van der Waals surface area contributed by atoms with E-state index >= 15 is 0 Å². The van der Waals surface area contributed by atoms with Crippen molar-refractivity contribution in [2.45, 2.75) is 40.5 Å². The molecule has 6 aromatic carbocycles. The SMILES string of the molecule is CC(C)Cc1ccc(-c2nc(-c3ccc(CC(C)C)cc3)nc(-n3c4ccccc4c4ccc5c6ccccc6n(-c6ccccc6)c5c43)n2)cc1. The van der Waals surface area contributed by atoms with E-state index in [4.69, 9.17) is 15.0 Å². The summed E-state index contributed by atoms with van der Waals surface area (Å²) in [4.78, 5) is 15.8. The minimum absolute atomic E-state index is 0.582. The van der Waals surface area contributed by atoms with E-state index in [0.717, 1.165) is 62.5 Å². The number of fused-ring (bicyclic) bond motifs is 7. The molecule has 0 amide bonds. The average molecular weight is 676 g/mol. The Morgan fingerprint density at radius 2 is 0.865 bits per heavy atom. The molecule has 9 rings (SSSR count). The standard InChI is InChI=1S/C47H41N5/c1-30(2)28-32-18-22-34(23-19-32)45-48-46(35-24-20-33(21-25-35)29-31(3)4)50-47(49-45)52-42-17-11-9-15-38(42)40-27-26-39-37-14-8-10-16-41(37)51(43(39)44(40)52)36-12-6-5-7-13-36/h5-27,30-31H,28-29H2,1-4H3. The van der Waals surface area contributed by atoms with Crippen molar-refractivity contribution in [3.8, 4) is 34.4 Å². The van der Waals surface area contributed by atoms with Gasteiger partial charge in [-0.25, -0.2) is 4.98 Å². The second kappa shape index (κ2) is 12.9. The molecule has 0 radical (unpaired) electrons. The second-order valence-electron chi connectivity index (χ2n) is 14.8. The van der Waals surface area contributed by atoms with E-state index in [9.17, 15) is 0 Å². The predicted molar refractivity (Wildman–Crippen MR) is 216 cm³/mol. The van der Waals surface area contributed by atoms with Gasteiger partial charge in [0.25, 0.3) is 0 Å². The van der Waals surface area contributed by atoms with Gasteiger partial charge in [-0.1, -0.05) is 143 Å². The van der Waals surface area contributed by atoms with Crippen LogP contribution in [0.25, 0.3) is 78.0 Å². The fourth-order valence-corrected chi connectivity index (χ4v) is 7.80. The van der Waals surface area contributed by atoms with Crippen LogP contribution in [0.3, 0.4) is 0 Å². The van der Waals surface area contributed by atoms with Crippen molar-refractivity contribution in [1.82, 2.24) is 24.1 Å². The zero-order chi connectivity index (χ0) is 35.3. The van der Waals surface area contributed by atoms with Gasteiger partial charge in [-0.2, -0.15) is 9.97 Å². The summed E-state index contributed by atoms with van der Waals surface area (Å²) in [6.07, 6.45) is 2.06. The number of rotatable bonds is 8. The van der Waals surface area contributed by atoms with Crippen LogP contribution < -0.4 is 0 Å². The van der Waals surface area contributed by atoms with Crippen LogP contribution in [0, 0.1) is 11.8 Å². The molecule has 3 heterocycles. The maximum absolute atomic E-state index is 5.31. The van der Waals surface area contributed by atoms with Crippen LogP contribution in [0.1, 0.15) is 38.8 Å². The highest BCUT2D eigenvalue weighted by Crippen LogP contribution is 2.41. The lowest BCUT2D eigenvalue weighted by atomic mass is 10.0. The summed E-state index contributed by atoms with van der Waals surface area (Å²) in [5.41, 5.74) is 10.1. The molecule has 0 unspecified atom stereocenters. The largest absolute Gasteiger partial charge is 0.307 e. The number of para-hydroxylation sites is 3. The van der Waals surface area contributed by atoms with Gasteiger partial charge in [0.05, 0.1) is 22.1 Å². The Kier molecular flexibility index (Phi) is 7.92. The van der Waals surface area contributed by atoms with Crippen LogP contribution in [-0.2, 0) is 12.8 Å². The van der Waals surface area contributed by atoms with E-state index in [1.807, 2.05) is 0 Å². The average Bonchev–Trinajstić information content (AvgIpc) is 3.68. The Morgan fingerprint density at radius 3 is 1.37 bits per heavy atom. The third-order valence-corrected chi connectivity index (χ3v) is 10.0. The molecule has 0 saturated heterocycles. The number of benzene rings is 6. The van der Waals surface area contributed by atoms with Crippen LogP contribution in [0.4, 0.5) is 0 Å². The van der Waals surface area contributed by atoms with Gasteiger partial charge >= 0.3 is 0 Å². The van der Waals surface area contributed by atoms with E-state index in [2.05, 4.69) is 176 Å². The molecule has 0 N–H and O–H groups in total. The van der Waals surface area contributed by atoms with Gasteiger partial charge in [-0.3, -0.25) is 4.57 Å². The van der Waals surface area contributed by atoms with Crippen LogP contribution in [-0.4, -0.2) is 24.1 Å². The van der Waals surface area contributed by atoms with Gasteiger partial charge in [0.1, 0.15) is 0 Å². The first-order valence-electron chi connectivity index (χ1n) is 18.4. The zero-order valence-corrected chi connectivity index (χ0v) is 30.1. The Labute approximate surface area is 304 Å². The van der Waals surface area contributed by atoms with Gasteiger partial charge in [0.15, 0.2) is 11.6 Å². The first kappa shape index (κ1) is 31.9. The van der Waals surface area contributed by atoms with E-state index < -0.39 is 0 Å². The topological polar surface area (TPSA) is 48.5 Å². The maximum atomic E-state index is 5.31. The molecule has 9 aromatic rings. The van der Waals surface area contributed by atoms with Gasteiger partial charge in [-0.15, -0.1) is 0 Å². The van der Waals surface area contributed by atoms with Crippen molar-refractivity contribution in [3.05, 3.63) is 151 Å². The zero-order valence-electron chi connectivity index (χ0n) is 30.1. The van der Waals surface area contributed by atoms with Gasteiger partial charge in [-0.05, 0) is 60.1 Å². The molecule has 0 aliphatic carbocycles. The third kappa shape index (κ3) is 5.54. The van der Waals surface area contributed by atoms with Gasteiger partial charge in [0, 0.05) is 38.4 Å². The molecule has 0 saturated carbocycles. The number of hydrogen-bond donors (Lipinski definition) is 0. The molecule has 254 valence electrons. The molecule has 0 spiro atoms. The lowest BCUT2D eigenvalue weighted by Gasteiger charge is -2.14. The minimum Gasteiger partial charge on any atom is -0.307 e. The van der Waals surface area contributed by atoms with E-state index in [0.29, 0.717) is 29.4 Å². The summed E-state index contributed by atoms with van der Waals surface area (Å²) >= 11 is 0. The molecule has 0 fully saturated rings. The second-order valence-corrected chi connectivity index (χ2v) is 14.8. The smallest absolute Gasteiger partial charge is 0.238 e. The van der Waals surface area contributed by atoms with Gasteiger partial charge < -0.3 is 4.57 Å². The summed E-state index contributed by atoms with van der Waals surface area (Å²) in [5.74, 6) is 3.08. The number of hydrogen-bond acceptors (Lipinski definition) is 3. The molecule has 5 nitrogen and oxygen atoms in total. The van der Waals surface area contributed by atoms with E-state index in [-0.39, 0.29) is 0 Å². The Balaban J connectivity index is 1.36. The third-order valence-electron chi connectivity index (χ3n) is 10.0. The molecular weight excluding hydrogens is 635 g/mol. The van der Waals surface area contributed by atoms with Gasteiger partial charge in [0.2, 0.25) is 5.95 Å². The molecule has 0 bridgehead atoms. The summed E-state index contributed by atoms with van der Waals surface area (Å²) in [7, 11) is 0. The molecule has 3 aromatic heterocycles. The normalized spacial score (nSPS) is 12.0. The van der Waals surface area contributed by atoms with Crippen LogP contribution in [0.2, 0.25) is 0 Å². The number of nitrogens with zero attached hydrogens (tertiary/aromatic N) is 5. The lowest BCUT2D eigenvalue weighted by molar-refractivity contribution is 0.647. The molecular formula is C47H41N5. The summed E-state index contributed by atoms with van der Waals surface area (Å²) in [6, 6.07) is 50.0. The van der Waals surface area contributed by atoms with Crippen molar-refractivity contribution in [3.63, 3.8) is 0 Å². The Bertz CT molecular complexity index is 2640. The lowest BCUT2D eigenvalue weighted by Crippen LogP contribution is -2.07. The molecule has 0 aliphatic rings. The van der Waals surface area contributed by atoms with Crippen molar-refractivity contribution in [1.29, 1.82) is 0 Å². The molecule has 52 heavy (non-hydrogen) atoms. The predicted octanol–water partition coefficient (Wildman–Crippen LogP) is 11.8. The van der Waals surface area contributed by atoms with E-state index in [1.165, 1.54) is 21.9 Å². The molecule has 5 heteroatoms. The first-order valence-corrected chi connectivity index (χ1v) is 18.4. The van der Waals surface area contributed by atoms with Crippen LogP contribution in [0.5, 0.6) is 0 Å². The van der Waals surface area contributed by atoms with Crippen molar-refractivity contribution in [2.24, 2.45) is 11.8 Å². The molecule has 0 aliphatic heterocycles. The summed E-state index contributed by atoms with van der Waals surface area (Å²) in [5, 5.41) is 4.71. The van der Waals surface area contributed by atoms with Crippen LogP contribution in [0.15, 0.2) is 140 Å². The fourth-order valence-electron chi connectivity index (χ4n) is 7.80. The highest BCUT2D eigenvalue weighted by Gasteiger charge is 2.23. The number of aromatic nitrogens is 5. The van der Waals surface area contributed by atoms with Crippen molar-refractivity contribution in [2.75, 3.05) is 0 Å². The highest BCUT2D eigenvalue weighted by molar-refractivity contribution is 6.23.